The van der Waals surface area contributed by atoms with Gasteiger partial charge in [-0.2, -0.15) is 0 Å². The van der Waals surface area contributed by atoms with Crippen LogP contribution in [0.1, 0.15) is 10.4 Å². The van der Waals surface area contributed by atoms with Crippen molar-refractivity contribution < 1.29 is 24.1 Å². The van der Waals surface area contributed by atoms with Crippen LogP contribution in [0.2, 0.25) is 0 Å². The molecule has 0 aliphatic heterocycles. The molecule has 0 bridgehead atoms. The third-order valence-electron chi connectivity index (χ3n) is 2.23. The lowest BCUT2D eigenvalue weighted by atomic mass is 10.2. The van der Waals surface area contributed by atoms with Gasteiger partial charge in [0.25, 0.3) is 0 Å². The van der Waals surface area contributed by atoms with E-state index in [0.29, 0.717) is 45.3 Å². The van der Waals surface area contributed by atoms with E-state index in [1.807, 2.05) is 0 Å². The van der Waals surface area contributed by atoms with Crippen molar-refractivity contribution in [3.05, 3.63) is 29.8 Å². The van der Waals surface area contributed by atoms with Gasteiger partial charge in [0.15, 0.2) is 0 Å². The molecule has 0 amide bonds. The SMILES string of the molecule is NCCOCCOCCOc1ccc(C(=O)O)cc1. The molecule has 0 atom stereocenters. The number of rotatable bonds is 10. The largest absolute Gasteiger partial charge is 0.491 e. The summed E-state index contributed by atoms with van der Waals surface area (Å²) in [4.78, 5) is 10.6. The topological polar surface area (TPSA) is 91.0 Å². The van der Waals surface area contributed by atoms with E-state index < -0.39 is 5.97 Å². The Kier molecular flexibility index (Phi) is 7.57. The summed E-state index contributed by atoms with van der Waals surface area (Å²) in [7, 11) is 0. The Morgan fingerprint density at radius 1 is 1.00 bits per heavy atom. The summed E-state index contributed by atoms with van der Waals surface area (Å²) in [5.74, 6) is -0.333. The summed E-state index contributed by atoms with van der Waals surface area (Å²) in [6, 6.07) is 6.24. The molecule has 1 rings (SSSR count). The monoisotopic (exact) mass is 269 g/mol. The molecule has 0 unspecified atom stereocenters. The molecule has 0 saturated heterocycles. The molecule has 0 aliphatic rings. The summed E-state index contributed by atoms with van der Waals surface area (Å²) in [6.07, 6.45) is 0. The average molecular weight is 269 g/mol. The van der Waals surface area contributed by atoms with E-state index in [1.54, 1.807) is 12.1 Å². The molecule has 0 saturated carbocycles. The second-order valence-electron chi connectivity index (χ2n) is 3.69. The minimum absolute atomic E-state index is 0.237. The maximum atomic E-state index is 10.6. The van der Waals surface area contributed by atoms with Gasteiger partial charge in [0.1, 0.15) is 12.4 Å². The lowest BCUT2D eigenvalue weighted by Crippen LogP contribution is -2.14. The highest BCUT2D eigenvalue weighted by atomic mass is 16.5. The van der Waals surface area contributed by atoms with E-state index in [-0.39, 0.29) is 5.56 Å². The molecule has 0 fully saturated rings. The van der Waals surface area contributed by atoms with Crippen LogP contribution in [0.15, 0.2) is 24.3 Å². The zero-order chi connectivity index (χ0) is 13.9. The summed E-state index contributed by atoms with van der Waals surface area (Å²) in [5.41, 5.74) is 5.50. The van der Waals surface area contributed by atoms with Gasteiger partial charge in [-0.25, -0.2) is 4.79 Å². The number of benzene rings is 1. The molecule has 0 aliphatic carbocycles. The first kappa shape index (κ1) is 15.4. The van der Waals surface area contributed by atoms with E-state index in [4.69, 9.17) is 25.1 Å². The Hall–Kier alpha value is -1.63. The quantitative estimate of drug-likeness (QED) is 0.609. The Bertz CT molecular complexity index is 366. The first-order valence-corrected chi connectivity index (χ1v) is 6.05. The summed E-state index contributed by atoms with van der Waals surface area (Å²) < 4.78 is 15.8. The van der Waals surface area contributed by atoms with Crippen LogP contribution in [-0.4, -0.2) is 50.7 Å². The maximum absolute atomic E-state index is 10.6. The fraction of sp³-hybridized carbons (Fsp3) is 0.462. The van der Waals surface area contributed by atoms with Crippen molar-refractivity contribution in [1.82, 2.24) is 0 Å². The lowest BCUT2D eigenvalue weighted by Gasteiger charge is -2.07. The van der Waals surface area contributed by atoms with Crippen molar-refractivity contribution >= 4 is 5.97 Å². The predicted octanol–water partition coefficient (Wildman–Crippen LogP) is 0.756. The molecule has 106 valence electrons. The Balaban J connectivity index is 2.07. The molecule has 1 aromatic carbocycles. The van der Waals surface area contributed by atoms with Gasteiger partial charge >= 0.3 is 5.97 Å². The number of carboxylic acids is 1. The Morgan fingerprint density at radius 3 is 2.16 bits per heavy atom. The van der Waals surface area contributed by atoms with Gasteiger partial charge in [0.05, 0.1) is 32.0 Å². The van der Waals surface area contributed by atoms with Crippen LogP contribution in [0.5, 0.6) is 5.75 Å². The average Bonchev–Trinajstić information content (AvgIpc) is 2.42. The minimum Gasteiger partial charge on any atom is -0.491 e. The van der Waals surface area contributed by atoms with Crippen molar-refractivity contribution in [2.75, 3.05) is 39.6 Å². The van der Waals surface area contributed by atoms with Gasteiger partial charge in [-0.05, 0) is 24.3 Å². The maximum Gasteiger partial charge on any atom is 0.335 e. The lowest BCUT2D eigenvalue weighted by molar-refractivity contribution is 0.0388. The summed E-state index contributed by atoms with van der Waals surface area (Å²) in [5, 5.41) is 8.73. The number of nitrogens with two attached hydrogens (primary N) is 1. The molecule has 19 heavy (non-hydrogen) atoms. The third-order valence-corrected chi connectivity index (χ3v) is 2.23. The fourth-order valence-electron chi connectivity index (χ4n) is 1.32. The van der Waals surface area contributed by atoms with E-state index in [0.717, 1.165) is 0 Å². The number of carbonyl (C=O) groups is 1. The molecule has 0 radical (unpaired) electrons. The molecular weight excluding hydrogens is 250 g/mol. The summed E-state index contributed by atoms with van der Waals surface area (Å²) in [6.45, 7) is 2.92. The van der Waals surface area contributed by atoms with E-state index in [2.05, 4.69) is 0 Å². The van der Waals surface area contributed by atoms with Gasteiger partial charge in [0.2, 0.25) is 0 Å². The van der Waals surface area contributed by atoms with Crippen LogP contribution in [0.4, 0.5) is 0 Å². The first-order valence-electron chi connectivity index (χ1n) is 6.05. The van der Waals surface area contributed by atoms with E-state index in [1.165, 1.54) is 12.1 Å². The highest BCUT2D eigenvalue weighted by Gasteiger charge is 2.01. The second kappa shape index (κ2) is 9.32. The van der Waals surface area contributed by atoms with Crippen molar-refractivity contribution in [1.29, 1.82) is 0 Å². The van der Waals surface area contributed by atoms with Crippen molar-refractivity contribution in [2.24, 2.45) is 5.73 Å². The Labute approximate surface area is 112 Å². The normalized spacial score (nSPS) is 10.4. The van der Waals surface area contributed by atoms with Gasteiger partial charge in [-0.1, -0.05) is 0 Å². The number of carboxylic acid groups (broad SMARTS) is 1. The number of hydrogen-bond donors (Lipinski definition) is 2. The molecule has 3 N–H and O–H groups in total. The second-order valence-corrected chi connectivity index (χ2v) is 3.69. The Morgan fingerprint density at radius 2 is 1.58 bits per heavy atom. The third kappa shape index (κ3) is 6.76. The number of hydrogen-bond acceptors (Lipinski definition) is 5. The smallest absolute Gasteiger partial charge is 0.335 e. The molecule has 0 aromatic heterocycles. The standard InChI is InChI=1S/C13H19NO5/c14-5-6-17-7-8-18-9-10-19-12-3-1-11(2-4-12)13(15)16/h1-4H,5-10,14H2,(H,15,16). The van der Waals surface area contributed by atoms with Crippen molar-refractivity contribution in [2.45, 2.75) is 0 Å². The minimum atomic E-state index is -0.952. The highest BCUT2D eigenvalue weighted by molar-refractivity contribution is 5.87. The van der Waals surface area contributed by atoms with E-state index >= 15 is 0 Å². The highest BCUT2D eigenvalue weighted by Crippen LogP contribution is 2.11. The van der Waals surface area contributed by atoms with E-state index in [9.17, 15) is 4.79 Å². The number of ether oxygens (including phenoxy) is 3. The molecule has 6 heteroatoms. The molecule has 1 aromatic rings. The first-order chi connectivity index (χ1) is 9.24. The van der Waals surface area contributed by atoms with Gasteiger partial charge in [-0.3, -0.25) is 0 Å². The van der Waals surface area contributed by atoms with Gasteiger partial charge < -0.3 is 25.1 Å². The fourth-order valence-corrected chi connectivity index (χ4v) is 1.32. The summed E-state index contributed by atoms with van der Waals surface area (Å²) >= 11 is 0. The van der Waals surface area contributed by atoms with Crippen molar-refractivity contribution in [3.8, 4) is 5.75 Å². The zero-order valence-electron chi connectivity index (χ0n) is 10.7. The van der Waals surface area contributed by atoms with Crippen LogP contribution < -0.4 is 10.5 Å². The molecule has 6 nitrogen and oxygen atoms in total. The molecule has 0 spiro atoms. The molecule has 0 heterocycles. The van der Waals surface area contributed by atoms with Crippen LogP contribution in [0.25, 0.3) is 0 Å². The van der Waals surface area contributed by atoms with Crippen LogP contribution in [-0.2, 0) is 9.47 Å². The molecular formula is C13H19NO5. The predicted molar refractivity (Wildman–Crippen MR) is 69.6 cm³/mol. The van der Waals surface area contributed by atoms with Gasteiger partial charge in [-0.15, -0.1) is 0 Å². The van der Waals surface area contributed by atoms with Crippen LogP contribution in [0.3, 0.4) is 0 Å². The zero-order valence-corrected chi connectivity index (χ0v) is 10.7. The van der Waals surface area contributed by atoms with Crippen LogP contribution in [0, 0.1) is 0 Å². The van der Waals surface area contributed by atoms with Crippen molar-refractivity contribution in [3.63, 3.8) is 0 Å². The van der Waals surface area contributed by atoms with Gasteiger partial charge in [0, 0.05) is 6.54 Å². The number of aromatic carboxylic acids is 1. The van der Waals surface area contributed by atoms with Crippen LogP contribution >= 0.6 is 0 Å².